The Balaban J connectivity index is 1.91. The number of piperidine rings is 1. The second kappa shape index (κ2) is 9.07. The minimum atomic E-state index is -0.0609. The number of hydrogen-bond donors (Lipinski definition) is 0. The first-order valence-corrected chi connectivity index (χ1v) is 9.75. The van der Waals surface area contributed by atoms with Crippen LogP contribution >= 0.6 is 0 Å². The van der Waals surface area contributed by atoms with Crippen molar-refractivity contribution in [2.24, 2.45) is 0 Å². The summed E-state index contributed by atoms with van der Waals surface area (Å²) in [5.41, 5.74) is 3.88. The third kappa shape index (κ3) is 4.63. The molecule has 0 saturated carbocycles. The zero-order valence-corrected chi connectivity index (χ0v) is 17.2. The van der Waals surface area contributed by atoms with Gasteiger partial charge in [0.1, 0.15) is 11.5 Å². The Hall–Kier alpha value is -2.59. The van der Waals surface area contributed by atoms with E-state index in [1.165, 1.54) is 5.56 Å². The van der Waals surface area contributed by atoms with E-state index < -0.39 is 0 Å². The third-order valence-corrected chi connectivity index (χ3v) is 5.48. The lowest BCUT2D eigenvalue weighted by Gasteiger charge is -2.30. The van der Waals surface area contributed by atoms with Gasteiger partial charge in [0.05, 0.1) is 19.8 Å². The number of benzene rings is 2. The van der Waals surface area contributed by atoms with Crippen molar-refractivity contribution in [3.8, 4) is 11.5 Å². The first kappa shape index (κ1) is 20.2. The van der Waals surface area contributed by atoms with Gasteiger partial charge in [0.15, 0.2) is 5.78 Å². The number of carbonyl (C=O) groups excluding carboxylic acids is 1. The Kier molecular flexibility index (Phi) is 6.53. The fraction of sp³-hybridized carbons (Fsp3) is 0.375. The molecule has 2 aromatic carbocycles. The van der Waals surface area contributed by atoms with Crippen LogP contribution in [-0.2, 0) is 0 Å². The highest BCUT2D eigenvalue weighted by atomic mass is 16.5. The second-order valence-corrected chi connectivity index (χ2v) is 7.48. The van der Waals surface area contributed by atoms with Crippen LogP contribution in [0.3, 0.4) is 0 Å². The summed E-state index contributed by atoms with van der Waals surface area (Å²) >= 11 is 0. The Bertz CT molecular complexity index is 847. The fourth-order valence-corrected chi connectivity index (χ4v) is 3.69. The number of carbonyl (C=O) groups is 1. The number of rotatable bonds is 6. The molecule has 1 saturated heterocycles. The summed E-state index contributed by atoms with van der Waals surface area (Å²) in [5.74, 6) is 1.68. The molecule has 28 heavy (non-hydrogen) atoms. The lowest BCUT2D eigenvalue weighted by molar-refractivity contribution is 0.104. The van der Waals surface area contributed by atoms with Gasteiger partial charge in [0.25, 0.3) is 0 Å². The standard InChI is InChI=1S/C24H29NO3/c1-17-5-7-18(8-6-17)9-10-22(26)21-15-20(19-11-13-25(2)14-12-19)23(27-3)16-24(21)28-4/h5-10,15-16,19H,11-14H2,1-4H3/b10-9+. The van der Waals surface area contributed by atoms with Gasteiger partial charge >= 0.3 is 0 Å². The highest BCUT2D eigenvalue weighted by Gasteiger charge is 2.24. The average molecular weight is 380 g/mol. The number of hydrogen-bond acceptors (Lipinski definition) is 4. The van der Waals surface area contributed by atoms with Crippen LogP contribution in [-0.4, -0.2) is 45.0 Å². The Morgan fingerprint density at radius 2 is 1.68 bits per heavy atom. The summed E-state index contributed by atoms with van der Waals surface area (Å²) in [5, 5.41) is 0. The lowest BCUT2D eigenvalue weighted by Crippen LogP contribution is -2.29. The number of likely N-dealkylation sites (tertiary alicyclic amines) is 1. The molecular formula is C24H29NO3. The molecule has 4 heteroatoms. The van der Waals surface area contributed by atoms with Crippen LogP contribution in [0.4, 0.5) is 0 Å². The predicted octanol–water partition coefficient (Wildman–Crippen LogP) is 4.72. The van der Waals surface area contributed by atoms with Crippen LogP contribution in [0.5, 0.6) is 11.5 Å². The smallest absolute Gasteiger partial charge is 0.189 e. The molecule has 0 bridgehead atoms. The Labute approximate surface area is 167 Å². The summed E-state index contributed by atoms with van der Waals surface area (Å²) in [6.07, 6.45) is 5.59. The highest BCUT2D eigenvalue weighted by molar-refractivity contribution is 6.09. The van der Waals surface area contributed by atoms with Crippen LogP contribution < -0.4 is 9.47 Å². The van der Waals surface area contributed by atoms with Crippen molar-refractivity contribution < 1.29 is 14.3 Å². The van der Waals surface area contributed by atoms with E-state index in [-0.39, 0.29) is 5.78 Å². The molecule has 3 rings (SSSR count). The average Bonchev–Trinajstić information content (AvgIpc) is 2.72. The van der Waals surface area contributed by atoms with Crippen LogP contribution in [0.1, 0.15) is 45.8 Å². The Morgan fingerprint density at radius 1 is 1.04 bits per heavy atom. The molecule has 1 aliphatic rings. The van der Waals surface area contributed by atoms with Crippen molar-refractivity contribution >= 4 is 11.9 Å². The van der Waals surface area contributed by atoms with Gasteiger partial charge in [0, 0.05) is 6.07 Å². The van der Waals surface area contributed by atoms with Gasteiger partial charge < -0.3 is 14.4 Å². The molecule has 2 aromatic rings. The van der Waals surface area contributed by atoms with E-state index in [0.29, 0.717) is 17.2 Å². The first-order chi connectivity index (χ1) is 13.5. The predicted molar refractivity (Wildman–Crippen MR) is 114 cm³/mol. The molecular weight excluding hydrogens is 350 g/mol. The SMILES string of the molecule is COc1cc(OC)c(C2CCN(C)CC2)cc1C(=O)/C=C/c1ccc(C)cc1. The number of nitrogens with zero attached hydrogens (tertiary/aromatic N) is 1. The third-order valence-electron chi connectivity index (χ3n) is 5.48. The van der Waals surface area contributed by atoms with E-state index in [1.54, 1.807) is 20.3 Å². The first-order valence-electron chi connectivity index (χ1n) is 9.75. The lowest BCUT2D eigenvalue weighted by atomic mass is 9.87. The molecule has 0 radical (unpaired) electrons. The van der Waals surface area contributed by atoms with Gasteiger partial charge in [-0.25, -0.2) is 0 Å². The van der Waals surface area contributed by atoms with E-state index in [1.807, 2.05) is 49.4 Å². The number of aryl methyl sites for hydroxylation is 1. The summed E-state index contributed by atoms with van der Waals surface area (Å²) in [6, 6.07) is 11.9. The van der Waals surface area contributed by atoms with Gasteiger partial charge in [-0.15, -0.1) is 0 Å². The zero-order chi connectivity index (χ0) is 20.1. The van der Waals surface area contributed by atoms with Gasteiger partial charge in [-0.3, -0.25) is 4.79 Å². The van der Waals surface area contributed by atoms with Crippen LogP contribution in [0.25, 0.3) is 6.08 Å². The maximum absolute atomic E-state index is 12.9. The van der Waals surface area contributed by atoms with E-state index in [2.05, 4.69) is 11.9 Å². The van der Waals surface area contributed by atoms with E-state index in [0.717, 1.165) is 42.8 Å². The number of ether oxygens (including phenoxy) is 2. The molecule has 148 valence electrons. The topological polar surface area (TPSA) is 38.8 Å². The molecule has 1 heterocycles. The van der Waals surface area contributed by atoms with E-state index in [4.69, 9.17) is 9.47 Å². The minimum Gasteiger partial charge on any atom is -0.496 e. The number of ketones is 1. The Morgan fingerprint density at radius 3 is 2.29 bits per heavy atom. The summed E-state index contributed by atoms with van der Waals surface area (Å²) in [4.78, 5) is 15.3. The minimum absolute atomic E-state index is 0.0609. The largest absolute Gasteiger partial charge is 0.496 e. The number of allylic oxidation sites excluding steroid dienone is 1. The van der Waals surface area contributed by atoms with Crippen molar-refractivity contribution in [1.82, 2.24) is 4.90 Å². The van der Waals surface area contributed by atoms with Crippen LogP contribution in [0.15, 0.2) is 42.5 Å². The van der Waals surface area contributed by atoms with Gasteiger partial charge in [-0.2, -0.15) is 0 Å². The van der Waals surface area contributed by atoms with E-state index >= 15 is 0 Å². The molecule has 0 spiro atoms. The summed E-state index contributed by atoms with van der Waals surface area (Å²) in [7, 11) is 5.41. The molecule has 1 aliphatic heterocycles. The maximum atomic E-state index is 12.9. The number of methoxy groups -OCH3 is 2. The van der Waals surface area contributed by atoms with Crippen LogP contribution in [0, 0.1) is 6.92 Å². The molecule has 0 aliphatic carbocycles. The molecule has 0 atom stereocenters. The molecule has 1 fully saturated rings. The van der Waals surface area contributed by atoms with E-state index in [9.17, 15) is 4.79 Å². The van der Waals surface area contributed by atoms with Crippen molar-refractivity contribution in [2.75, 3.05) is 34.4 Å². The van der Waals surface area contributed by atoms with Gasteiger partial charge in [-0.05, 0) is 69.1 Å². The quantitative estimate of drug-likeness (QED) is 0.538. The van der Waals surface area contributed by atoms with Gasteiger partial charge in [-0.1, -0.05) is 35.9 Å². The maximum Gasteiger partial charge on any atom is 0.189 e. The van der Waals surface area contributed by atoms with Crippen molar-refractivity contribution in [1.29, 1.82) is 0 Å². The molecule has 4 nitrogen and oxygen atoms in total. The van der Waals surface area contributed by atoms with Crippen LogP contribution in [0.2, 0.25) is 0 Å². The summed E-state index contributed by atoms with van der Waals surface area (Å²) < 4.78 is 11.1. The highest BCUT2D eigenvalue weighted by Crippen LogP contribution is 2.38. The van der Waals surface area contributed by atoms with Crippen molar-refractivity contribution in [3.63, 3.8) is 0 Å². The monoisotopic (exact) mass is 379 g/mol. The molecule has 0 aromatic heterocycles. The molecule has 0 amide bonds. The van der Waals surface area contributed by atoms with Crippen molar-refractivity contribution in [2.45, 2.75) is 25.7 Å². The summed E-state index contributed by atoms with van der Waals surface area (Å²) in [6.45, 7) is 4.15. The zero-order valence-electron chi connectivity index (χ0n) is 17.2. The fourth-order valence-electron chi connectivity index (χ4n) is 3.69. The molecule has 0 unspecified atom stereocenters. The molecule has 0 N–H and O–H groups in total. The second-order valence-electron chi connectivity index (χ2n) is 7.48. The normalized spacial score (nSPS) is 15.7. The van der Waals surface area contributed by atoms with Crippen molar-refractivity contribution in [3.05, 3.63) is 64.7 Å². The van der Waals surface area contributed by atoms with Gasteiger partial charge in [0.2, 0.25) is 0 Å².